The van der Waals surface area contributed by atoms with Crippen LogP contribution in [0.5, 0.6) is 0 Å². The van der Waals surface area contributed by atoms with Gasteiger partial charge in [0, 0.05) is 38.0 Å². The van der Waals surface area contributed by atoms with E-state index in [1.54, 1.807) is 24.3 Å². The lowest BCUT2D eigenvalue weighted by atomic mass is 10.0. The van der Waals surface area contributed by atoms with E-state index in [1.165, 1.54) is 12.8 Å². The molecule has 154 valence electrons. The largest absolute Gasteiger partial charge is 0.463 e. The predicted octanol–water partition coefficient (Wildman–Crippen LogP) is 2.65. The van der Waals surface area contributed by atoms with Gasteiger partial charge in [-0.1, -0.05) is 0 Å². The molecule has 0 aromatic carbocycles. The summed E-state index contributed by atoms with van der Waals surface area (Å²) in [6.07, 6.45) is 3.36. The van der Waals surface area contributed by atoms with E-state index in [0.717, 1.165) is 49.2 Å². The number of thiazole rings is 1. The van der Waals surface area contributed by atoms with E-state index in [-0.39, 0.29) is 6.54 Å². The molecule has 1 aliphatic rings. The van der Waals surface area contributed by atoms with E-state index in [9.17, 15) is 5.11 Å². The topological polar surface area (TPSA) is 85.9 Å². The fourth-order valence-corrected chi connectivity index (χ4v) is 4.06. The molecular weight excluding hydrogens is 374 g/mol. The number of guanidine groups is 1. The molecule has 8 heteroatoms. The molecule has 3 heterocycles. The van der Waals surface area contributed by atoms with Crippen molar-refractivity contribution in [2.24, 2.45) is 4.99 Å². The molecule has 0 aliphatic carbocycles. The molecule has 1 unspecified atom stereocenters. The first-order valence-corrected chi connectivity index (χ1v) is 10.9. The minimum Gasteiger partial charge on any atom is -0.463 e. The van der Waals surface area contributed by atoms with Crippen LogP contribution in [0.4, 0.5) is 5.13 Å². The molecule has 2 aromatic heterocycles. The van der Waals surface area contributed by atoms with Gasteiger partial charge in [0.15, 0.2) is 11.1 Å². The number of aryl methyl sites for hydroxylation is 1. The van der Waals surface area contributed by atoms with Crippen LogP contribution in [0.3, 0.4) is 0 Å². The highest BCUT2D eigenvalue weighted by Crippen LogP contribution is 2.24. The van der Waals surface area contributed by atoms with Crippen LogP contribution < -0.4 is 15.5 Å². The van der Waals surface area contributed by atoms with Gasteiger partial charge in [-0.2, -0.15) is 0 Å². The number of hydrogen-bond donors (Lipinski definition) is 3. The molecule has 1 atom stereocenters. The van der Waals surface area contributed by atoms with E-state index >= 15 is 0 Å². The number of aliphatic hydroxyl groups is 1. The highest BCUT2D eigenvalue weighted by atomic mass is 32.1. The van der Waals surface area contributed by atoms with Crippen molar-refractivity contribution in [3.8, 4) is 0 Å². The number of furan rings is 1. The lowest BCUT2D eigenvalue weighted by Crippen LogP contribution is -2.39. The van der Waals surface area contributed by atoms with Crippen LogP contribution in [0.1, 0.15) is 43.9 Å². The second-order valence-corrected chi connectivity index (χ2v) is 8.21. The molecule has 0 radical (unpaired) electrons. The first kappa shape index (κ1) is 20.7. The zero-order valence-electron chi connectivity index (χ0n) is 17.0. The lowest BCUT2D eigenvalue weighted by Gasteiger charge is -2.19. The molecule has 0 saturated carbocycles. The first-order valence-electron chi connectivity index (χ1n) is 9.99. The van der Waals surface area contributed by atoms with Gasteiger partial charge in [-0.15, -0.1) is 11.3 Å². The maximum atomic E-state index is 10.7. The average Bonchev–Trinajstić information content (AvgIpc) is 3.41. The monoisotopic (exact) mass is 405 g/mol. The van der Waals surface area contributed by atoms with Gasteiger partial charge < -0.3 is 25.1 Å². The summed E-state index contributed by atoms with van der Waals surface area (Å²) in [5.41, 5.74) is -0.0378. The summed E-state index contributed by atoms with van der Waals surface area (Å²) in [7, 11) is 0. The number of hydrogen-bond acceptors (Lipinski definition) is 6. The van der Waals surface area contributed by atoms with Crippen molar-refractivity contribution >= 4 is 22.4 Å². The SMILES string of the molecule is CCNC(=NCC(C)(O)c1ccc(C)o1)NCCc1csc(N2CCCC2)n1. The molecule has 7 nitrogen and oxygen atoms in total. The number of nitrogens with one attached hydrogen (secondary N) is 2. The van der Waals surface area contributed by atoms with E-state index < -0.39 is 5.60 Å². The maximum absolute atomic E-state index is 10.7. The van der Waals surface area contributed by atoms with Crippen molar-refractivity contribution < 1.29 is 9.52 Å². The Balaban J connectivity index is 1.52. The fourth-order valence-electron chi connectivity index (χ4n) is 3.15. The minimum absolute atomic E-state index is 0.213. The molecular formula is C20H31N5O2S. The molecule has 3 N–H and O–H groups in total. The smallest absolute Gasteiger partial charge is 0.191 e. The third kappa shape index (κ3) is 5.48. The Morgan fingerprint density at radius 2 is 2.14 bits per heavy atom. The molecule has 0 bridgehead atoms. The predicted molar refractivity (Wildman–Crippen MR) is 114 cm³/mol. The lowest BCUT2D eigenvalue weighted by molar-refractivity contribution is 0.0428. The number of aromatic nitrogens is 1. The quantitative estimate of drug-likeness (QED) is 0.462. The fraction of sp³-hybridized carbons (Fsp3) is 0.600. The minimum atomic E-state index is -1.14. The van der Waals surface area contributed by atoms with E-state index in [1.807, 2.05) is 19.9 Å². The van der Waals surface area contributed by atoms with Crippen molar-refractivity contribution in [3.63, 3.8) is 0 Å². The van der Waals surface area contributed by atoms with Gasteiger partial charge in [-0.05, 0) is 45.7 Å². The second-order valence-electron chi connectivity index (χ2n) is 7.37. The van der Waals surface area contributed by atoms with Crippen molar-refractivity contribution in [1.29, 1.82) is 0 Å². The summed E-state index contributed by atoms with van der Waals surface area (Å²) in [6.45, 7) is 9.55. The summed E-state index contributed by atoms with van der Waals surface area (Å²) < 4.78 is 5.55. The zero-order valence-corrected chi connectivity index (χ0v) is 17.8. The molecule has 1 aliphatic heterocycles. The van der Waals surface area contributed by atoms with E-state index in [0.29, 0.717) is 11.7 Å². The summed E-state index contributed by atoms with van der Waals surface area (Å²) in [5, 5.41) is 20.5. The summed E-state index contributed by atoms with van der Waals surface area (Å²) >= 11 is 1.73. The van der Waals surface area contributed by atoms with Gasteiger partial charge >= 0.3 is 0 Å². The number of rotatable bonds is 8. The highest BCUT2D eigenvalue weighted by Gasteiger charge is 2.26. The van der Waals surface area contributed by atoms with Crippen LogP contribution >= 0.6 is 11.3 Å². The second kappa shape index (κ2) is 9.43. The molecule has 0 spiro atoms. The van der Waals surface area contributed by atoms with Crippen LogP contribution in [0.2, 0.25) is 0 Å². The maximum Gasteiger partial charge on any atom is 0.191 e. The third-order valence-corrected chi connectivity index (χ3v) is 5.70. The first-order chi connectivity index (χ1) is 13.5. The Kier molecular flexibility index (Phi) is 6.96. The Morgan fingerprint density at radius 3 is 2.82 bits per heavy atom. The van der Waals surface area contributed by atoms with Gasteiger partial charge in [0.1, 0.15) is 17.1 Å². The molecule has 3 rings (SSSR count). The molecule has 2 aromatic rings. The Hall–Kier alpha value is -2.06. The van der Waals surface area contributed by atoms with Crippen molar-refractivity contribution in [2.45, 2.75) is 45.6 Å². The summed E-state index contributed by atoms with van der Waals surface area (Å²) in [5.74, 6) is 1.99. The molecule has 0 amide bonds. The van der Waals surface area contributed by atoms with Gasteiger partial charge in [0.05, 0.1) is 12.2 Å². The number of nitrogens with zero attached hydrogens (tertiary/aromatic N) is 3. The van der Waals surface area contributed by atoms with Crippen molar-refractivity contribution in [3.05, 3.63) is 34.7 Å². The van der Waals surface area contributed by atoms with Gasteiger partial charge in [0.25, 0.3) is 0 Å². The van der Waals surface area contributed by atoms with Crippen LogP contribution in [-0.4, -0.2) is 48.8 Å². The zero-order chi connectivity index (χ0) is 20.0. The molecule has 28 heavy (non-hydrogen) atoms. The normalized spacial score (nSPS) is 17.0. The van der Waals surface area contributed by atoms with Crippen LogP contribution in [0.15, 0.2) is 26.9 Å². The van der Waals surface area contributed by atoms with Crippen molar-refractivity contribution in [1.82, 2.24) is 15.6 Å². The summed E-state index contributed by atoms with van der Waals surface area (Å²) in [6, 6.07) is 3.65. The Labute approximate surface area is 170 Å². The Bertz CT molecular complexity index is 777. The van der Waals surface area contributed by atoms with E-state index in [4.69, 9.17) is 9.40 Å². The number of aliphatic imine (C=N–C) groups is 1. The Morgan fingerprint density at radius 1 is 1.36 bits per heavy atom. The van der Waals surface area contributed by atoms with Gasteiger partial charge in [-0.25, -0.2) is 9.98 Å². The molecule has 1 saturated heterocycles. The number of anilines is 1. The van der Waals surface area contributed by atoms with Gasteiger partial charge in [0.2, 0.25) is 0 Å². The van der Waals surface area contributed by atoms with Crippen LogP contribution in [0, 0.1) is 6.92 Å². The van der Waals surface area contributed by atoms with E-state index in [2.05, 4.69) is 25.9 Å². The summed E-state index contributed by atoms with van der Waals surface area (Å²) in [4.78, 5) is 11.6. The van der Waals surface area contributed by atoms with Crippen molar-refractivity contribution in [2.75, 3.05) is 37.6 Å². The highest BCUT2D eigenvalue weighted by molar-refractivity contribution is 7.13. The van der Waals surface area contributed by atoms with Crippen LogP contribution in [-0.2, 0) is 12.0 Å². The van der Waals surface area contributed by atoms with Crippen LogP contribution in [0.25, 0.3) is 0 Å². The van der Waals surface area contributed by atoms with Gasteiger partial charge in [-0.3, -0.25) is 0 Å². The third-order valence-electron chi connectivity index (χ3n) is 4.75. The average molecular weight is 406 g/mol. The standard InChI is InChI=1S/C20H31N5O2S/c1-4-21-18(23-14-20(3,26)17-8-7-15(2)27-17)22-10-9-16-13-28-19(24-16)25-11-5-6-12-25/h7-8,13,26H,4-6,9-12,14H2,1-3H3,(H2,21,22,23). The molecule has 1 fully saturated rings.